The number of guanidine groups is 1. The number of carbonyl (C=O) groups is 1. The molecule has 0 bridgehead atoms. The number of likely N-dealkylation sites (tertiary alicyclic amines) is 1. The number of nitrogens with zero attached hydrogens (tertiary/aromatic N) is 3. The molecule has 1 unspecified atom stereocenters. The minimum Gasteiger partial charge on any atom is -0.494 e. The molecule has 6 heteroatoms. The molecule has 1 aromatic rings. The predicted octanol–water partition coefficient (Wildman–Crippen LogP) is 2.74. The van der Waals surface area contributed by atoms with Gasteiger partial charge in [0, 0.05) is 46.7 Å². The van der Waals surface area contributed by atoms with Gasteiger partial charge in [0.05, 0.1) is 6.61 Å². The van der Waals surface area contributed by atoms with Crippen LogP contribution in [0.4, 0.5) is 0 Å². The molecule has 1 aliphatic heterocycles. The van der Waals surface area contributed by atoms with E-state index in [9.17, 15) is 4.79 Å². The van der Waals surface area contributed by atoms with Crippen LogP contribution in [0.25, 0.3) is 0 Å². The fourth-order valence-corrected chi connectivity index (χ4v) is 3.45. The van der Waals surface area contributed by atoms with Gasteiger partial charge in [-0.2, -0.15) is 0 Å². The van der Waals surface area contributed by atoms with E-state index in [4.69, 9.17) is 4.74 Å². The van der Waals surface area contributed by atoms with Crippen LogP contribution in [0.5, 0.6) is 5.75 Å². The van der Waals surface area contributed by atoms with Crippen molar-refractivity contribution in [1.29, 1.82) is 0 Å². The summed E-state index contributed by atoms with van der Waals surface area (Å²) in [6.45, 7) is 8.00. The summed E-state index contributed by atoms with van der Waals surface area (Å²) < 4.78 is 5.48. The maximum absolute atomic E-state index is 12.4. The van der Waals surface area contributed by atoms with Crippen LogP contribution >= 0.6 is 0 Å². The van der Waals surface area contributed by atoms with Crippen molar-refractivity contribution in [3.63, 3.8) is 0 Å². The number of amides is 1. The number of piperidine rings is 1. The quantitative estimate of drug-likeness (QED) is 0.589. The van der Waals surface area contributed by atoms with Crippen molar-refractivity contribution in [2.45, 2.75) is 39.7 Å². The van der Waals surface area contributed by atoms with Crippen LogP contribution in [0, 0.1) is 5.92 Å². The third-order valence-corrected chi connectivity index (χ3v) is 4.86. The maximum Gasteiger partial charge on any atom is 0.224 e. The van der Waals surface area contributed by atoms with Crippen molar-refractivity contribution in [3.8, 4) is 5.75 Å². The van der Waals surface area contributed by atoms with Gasteiger partial charge >= 0.3 is 0 Å². The van der Waals surface area contributed by atoms with Crippen molar-refractivity contribution in [2.24, 2.45) is 10.9 Å². The molecular formula is C21H34N4O2. The first-order valence-corrected chi connectivity index (χ1v) is 9.94. The van der Waals surface area contributed by atoms with E-state index in [0.717, 1.165) is 37.8 Å². The molecule has 1 amide bonds. The SMILES string of the molecule is CCOc1ccc(CN(C)C(=NC)NCCC(=O)N2CCCC(C)C2)cc1. The number of aliphatic imine (C=N–C) groups is 1. The fourth-order valence-electron chi connectivity index (χ4n) is 3.45. The van der Waals surface area contributed by atoms with E-state index >= 15 is 0 Å². The minimum atomic E-state index is 0.235. The summed E-state index contributed by atoms with van der Waals surface area (Å²) in [7, 11) is 3.77. The molecular weight excluding hydrogens is 340 g/mol. The predicted molar refractivity (Wildman–Crippen MR) is 110 cm³/mol. The van der Waals surface area contributed by atoms with Gasteiger partial charge in [-0.1, -0.05) is 19.1 Å². The van der Waals surface area contributed by atoms with Crippen molar-refractivity contribution in [3.05, 3.63) is 29.8 Å². The first-order valence-electron chi connectivity index (χ1n) is 9.94. The van der Waals surface area contributed by atoms with Gasteiger partial charge in [0.25, 0.3) is 0 Å². The van der Waals surface area contributed by atoms with Gasteiger partial charge < -0.3 is 19.9 Å². The molecule has 0 aromatic heterocycles. The average molecular weight is 375 g/mol. The van der Waals surface area contributed by atoms with Crippen LogP contribution < -0.4 is 10.1 Å². The first-order chi connectivity index (χ1) is 13.0. The number of rotatable bonds is 7. The Morgan fingerprint density at radius 3 is 2.74 bits per heavy atom. The smallest absolute Gasteiger partial charge is 0.224 e. The Kier molecular flexibility index (Phi) is 8.43. The van der Waals surface area contributed by atoms with E-state index < -0.39 is 0 Å². The Morgan fingerprint density at radius 2 is 2.11 bits per heavy atom. The molecule has 1 aromatic carbocycles. The Bertz CT molecular complexity index is 615. The number of benzene rings is 1. The lowest BCUT2D eigenvalue weighted by Gasteiger charge is -2.31. The number of hydrogen-bond donors (Lipinski definition) is 1. The second-order valence-electron chi connectivity index (χ2n) is 7.24. The summed E-state index contributed by atoms with van der Waals surface area (Å²) in [6, 6.07) is 8.11. The van der Waals surface area contributed by atoms with E-state index in [0.29, 0.717) is 25.5 Å². The maximum atomic E-state index is 12.4. The first kappa shape index (κ1) is 21.1. The fraction of sp³-hybridized carbons (Fsp3) is 0.619. The molecule has 1 atom stereocenters. The van der Waals surface area contributed by atoms with Gasteiger partial charge in [-0.05, 0) is 43.4 Å². The Labute approximate surface area is 163 Å². The molecule has 150 valence electrons. The second kappa shape index (κ2) is 10.8. The van der Waals surface area contributed by atoms with E-state index in [-0.39, 0.29) is 5.91 Å². The summed E-state index contributed by atoms with van der Waals surface area (Å²) >= 11 is 0. The zero-order valence-electron chi connectivity index (χ0n) is 17.2. The highest BCUT2D eigenvalue weighted by molar-refractivity contribution is 5.81. The summed E-state index contributed by atoms with van der Waals surface area (Å²) in [5.74, 6) is 2.53. The molecule has 1 aliphatic rings. The highest BCUT2D eigenvalue weighted by Gasteiger charge is 2.20. The monoisotopic (exact) mass is 374 g/mol. The summed E-state index contributed by atoms with van der Waals surface area (Å²) in [5, 5.41) is 3.31. The lowest BCUT2D eigenvalue weighted by molar-refractivity contribution is -0.132. The molecule has 0 aliphatic carbocycles. The molecule has 2 rings (SSSR count). The lowest BCUT2D eigenvalue weighted by atomic mass is 10.00. The van der Waals surface area contributed by atoms with E-state index in [1.54, 1.807) is 7.05 Å². The van der Waals surface area contributed by atoms with Gasteiger partial charge in [0.1, 0.15) is 5.75 Å². The van der Waals surface area contributed by atoms with Crippen LogP contribution in [0.2, 0.25) is 0 Å². The van der Waals surface area contributed by atoms with Crippen LogP contribution in [0.3, 0.4) is 0 Å². The van der Waals surface area contributed by atoms with E-state index in [2.05, 4.69) is 34.3 Å². The Balaban J connectivity index is 1.77. The highest BCUT2D eigenvalue weighted by atomic mass is 16.5. The van der Waals surface area contributed by atoms with Crippen molar-refractivity contribution < 1.29 is 9.53 Å². The summed E-state index contributed by atoms with van der Waals surface area (Å²) in [6.07, 6.45) is 2.85. The van der Waals surface area contributed by atoms with Crippen molar-refractivity contribution in [1.82, 2.24) is 15.1 Å². The topological polar surface area (TPSA) is 57.2 Å². The second-order valence-corrected chi connectivity index (χ2v) is 7.24. The van der Waals surface area contributed by atoms with Gasteiger partial charge in [-0.25, -0.2) is 0 Å². The molecule has 1 saturated heterocycles. The van der Waals surface area contributed by atoms with Crippen LogP contribution in [0.1, 0.15) is 38.7 Å². The number of nitrogens with one attached hydrogen (secondary N) is 1. The van der Waals surface area contributed by atoms with Gasteiger partial charge in [0.15, 0.2) is 5.96 Å². The zero-order chi connectivity index (χ0) is 19.6. The standard InChI is InChI=1S/C21H34N4O2/c1-5-27-19-10-8-18(9-11-19)16-24(4)21(22-3)23-13-12-20(26)25-14-6-7-17(2)15-25/h8-11,17H,5-7,12-16H2,1-4H3,(H,22,23). The Morgan fingerprint density at radius 1 is 1.37 bits per heavy atom. The highest BCUT2D eigenvalue weighted by Crippen LogP contribution is 2.16. The van der Waals surface area contributed by atoms with Crippen molar-refractivity contribution in [2.75, 3.05) is 40.3 Å². The van der Waals surface area contributed by atoms with E-state index in [1.807, 2.05) is 31.0 Å². The molecule has 0 spiro atoms. The van der Waals surface area contributed by atoms with Gasteiger partial charge in [-0.3, -0.25) is 9.79 Å². The summed E-state index contributed by atoms with van der Waals surface area (Å²) in [4.78, 5) is 20.8. The normalized spacial score (nSPS) is 17.6. The van der Waals surface area contributed by atoms with Gasteiger partial charge in [-0.15, -0.1) is 0 Å². The Hall–Kier alpha value is -2.24. The van der Waals surface area contributed by atoms with E-state index in [1.165, 1.54) is 12.0 Å². The molecule has 0 saturated carbocycles. The molecule has 1 heterocycles. The average Bonchev–Trinajstić information content (AvgIpc) is 2.66. The molecule has 0 radical (unpaired) electrons. The van der Waals surface area contributed by atoms with Gasteiger partial charge in [0.2, 0.25) is 5.91 Å². The number of carbonyl (C=O) groups excluding carboxylic acids is 1. The van der Waals surface area contributed by atoms with Crippen LogP contribution in [-0.4, -0.2) is 62.0 Å². The minimum absolute atomic E-state index is 0.235. The molecule has 1 N–H and O–H groups in total. The zero-order valence-corrected chi connectivity index (χ0v) is 17.2. The third kappa shape index (κ3) is 6.77. The van der Waals surface area contributed by atoms with Crippen LogP contribution in [0.15, 0.2) is 29.3 Å². The summed E-state index contributed by atoms with van der Waals surface area (Å²) in [5.41, 5.74) is 1.18. The van der Waals surface area contributed by atoms with Crippen molar-refractivity contribution >= 4 is 11.9 Å². The van der Waals surface area contributed by atoms with Crippen LogP contribution in [-0.2, 0) is 11.3 Å². The molecule has 1 fully saturated rings. The third-order valence-electron chi connectivity index (χ3n) is 4.86. The largest absolute Gasteiger partial charge is 0.494 e. The number of hydrogen-bond acceptors (Lipinski definition) is 3. The molecule has 27 heavy (non-hydrogen) atoms. The molecule has 6 nitrogen and oxygen atoms in total. The number of ether oxygens (including phenoxy) is 1. The lowest BCUT2D eigenvalue weighted by Crippen LogP contribution is -2.42.